The minimum Gasteiger partial charge on any atom is -0.456 e. The van der Waals surface area contributed by atoms with E-state index < -0.39 is 0 Å². The summed E-state index contributed by atoms with van der Waals surface area (Å²) in [5.41, 5.74) is 6.10. The van der Waals surface area contributed by atoms with Crippen LogP contribution in [-0.4, -0.2) is 13.1 Å². The van der Waals surface area contributed by atoms with Crippen LogP contribution in [0.5, 0.6) is 0 Å². The second-order valence-corrected chi connectivity index (χ2v) is 6.70. The van der Waals surface area contributed by atoms with Crippen LogP contribution in [0.4, 0.5) is 5.69 Å². The van der Waals surface area contributed by atoms with E-state index in [2.05, 4.69) is 61.2 Å². The molecule has 23 heavy (non-hydrogen) atoms. The number of piperidine rings is 1. The van der Waals surface area contributed by atoms with Gasteiger partial charge < -0.3 is 9.32 Å². The van der Waals surface area contributed by atoms with Gasteiger partial charge in [-0.25, -0.2) is 0 Å². The fourth-order valence-corrected chi connectivity index (χ4v) is 3.60. The van der Waals surface area contributed by atoms with E-state index in [-0.39, 0.29) is 0 Å². The topological polar surface area (TPSA) is 16.4 Å². The molecule has 0 unspecified atom stereocenters. The van der Waals surface area contributed by atoms with E-state index in [0.29, 0.717) is 0 Å². The van der Waals surface area contributed by atoms with E-state index in [1.807, 2.05) is 0 Å². The highest BCUT2D eigenvalue weighted by molar-refractivity contribution is 5.83. The quantitative estimate of drug-likeness (QED) is 0.603. The van der Waals surface area contributed by atoms with E-state index in [9.17, 15) is 0 Å². The second-order valence-electron chi connectivity index (χ2n) is 6.70. The Morgan fingerprint density at radius 1 is 0.870 bits per heavy atom. The third-order valence-electron chi connectivity index (χ3n) is 4.85. The summed E-state index contributed by atoms with van der Waals surface area (Å²) in [6, 6.07) is 15.2. The van der Waals surface area contributed by atoms with Crippen molar-refractivity contribution in [3.8, 4) is 11.3 Å². The standard InChI is InChI=1S/C21H23NO/c1-15-6-9-20-18(12-15)14-21(23-20)17-7-8-19(16(2)13-17)22-10-4-3-5-11-22/h6-9,12-14H,3-5,10-11H2,1-2H3. The van der Waals surface area contributed by atoms with Crippen LogP contribution in [0.1, 0.15) is 30.4 Å². The van der Waals surface area contributed by atoms with Crippen molar-refractivity contribution >= 4 is 16.7 Å². The minimum absolute atomic E-state index is 0.957. The minimum atomic E-state index is 0.957. The summed E-state index contributed by atoms with van der Waals surface area (Å²) in [5, 5.41) is 1.18. The van der Waals surface area contributed by atoms with E-state index in [1.165, 1.54) is 54.6 Å². The molecule has 0 radical (unpaired) electrons. The summed E-state index contributed by atoms with van der Waals surface area (Å²) >= 11 is 0. The van der Waals surface area contributed by atoms with Crippen LogP contribution in [0.15, 0.2) is 46.9 Å². The normalized spacial score (nSPS) is 15.3. The molecule has 0 amide bonds. The van der Waals surface area contributed by atoms with Gasteiger partial charge in [-0.15, -0.1) is 0 Å². The second kappa shape index (κ2) is 5.77. The number of rotatable bonds is 2. The molecular weight excluding hydrogens is 282 g/mol. The zero-order valence-electron chi connectivity index (χ0n) is 13.9. The van der Waals surface area contributed by atoms with Crippen LogP contribution in [0.2, 0.25) is 0 Å². The Kier molecular flexibility index (Phi) is 3.60. The van der Waals surface area contributed by atoms with Gasteiger partial charge in [0.2, 0.25) is 0 Å². The Hall–Kier alpha value is -2.22. The molecule has 1 aromatic heterocycles. The van der Waals surface area contributed by atoms with Crippen molar-refractivity contribution in [3.63, 3.8) is 0 Å². The monoisotopic (exact) mass is 305 g/mol. The maximum Gasteiger partial charge on any atom is 0.135 e. The van der Waals surface area contributed by atoms with Gasteiger partial charge >= 0.3 is 0 Å². The molecule has 2 nitrogen and oxygen atoms in total. The summed E-state index contributed by atoms with van der Waals surface area (Å²) in [6.07, 6.45) is 3.99. The summed E-state index contributed by atoms with van der Waals surface area (Å²) in [4.78, 5) is 2.52. The van der Waals surface area contributed by atoms with Crippen molar-refractivity contribution in [2.24, 2.45) is 0 Å². The molecule has 1 aliphatic heterocycles. The van der Waals surface area contributed by atoms with E-state index in [0.717, 1.165) is 16.9 Å². The lowest BCUT2D eigenvalue weighted by molar-refractivity contribution is 0.577. The Morgan fingerprint density at radius 3 is 2.48 bits per heavy atom. The predicted molar refractivity (Wildman–Crippen MR) is 97.2 cm³/mol. The zero-order chi connectivity index (χ0) is 15.8. The van der Waals surface area contributed by atoms with Crippen molar-refractivity contribution < 1.29 is 4.42 Å². The first-order chi connectivity index (χ1) is 11.2. The van der Waals surface area contributed by atoms with Crippen LogP contribution in [0, 0.1) is 13.8 Å². The Balaban J connectivity index is 1.69. The number of fused-ring (bicyclic) bond motifs is 1. The number of hydrogen-bond donors (Lipinski definition) is 0. The van der Waals surface area contributed by atoms with Crippen LogP contribution in [-0.2, 0) is 0 Å². The molecule has 2 heterocycles. The average Bonchev–Trinajstić information content (AvgIpc) is 2.98. The van der Waals surface area contributed by atoms with Gasteiger partial charge in [-0.05, 0) is 75.1 Å². The van der Waals surface area contributed by atoms with Gasteiger partial charge in [0.25, 0.3) is 0 Å². The van der Waals surface area contributed by atoms with Crippen molar-refractivity contribution in [1.29, 1.82) is 0 Å². The lowest BCUT2D eigenvalue weighted by Gasteiger charge is -2.30. The molecule has 0 N–H and O–H groups in total. The largest absolute Gasteiger partial charge is 0.456 e. The molecular formula is C21H23NO. The molecule has 4 rings (SSSR count). The smallest absolute Gasteiger partial charge is 0.135 e. The average molecular weight is 305 g/mol. The molecule has 118 valence electrons. The summed E-state index contributed by atoms with van der Waals surface area (Å²) < 4.78 is 6.04. The molecule has 0 atom stereocenters. The number of furan rings is 1. The number of benzene rings is 2. The van der Waals surface area contributed by atoms with Gasteiger partial charge in [-0.3, -0.25) is 0 Å². The Morgan fingerprint density at radius 2 is 1.70 bits per heavy atom. The fourth-order valence-electron chi connectivity index (χ4n) is 3.60. The van der Waals surface area contributed by atoms with Crippen LogP contribution < -0.4 is 4.90 Å². The fraction of sp³-hybridized carbons (Fsp3) is 0.333. The first-order valence-electron chi connectivity index (χ1n) is 8.57. The summed E-state index contributed by atoms with van der Waals surface area (Å²) in [5.74, 6) is 0.957. The highest BCUT2D eigenvalue weighted by atomic mass is 16.3. The van der Waals surface area contributed by atoms with Gasteiger partial charge in [-0.2, -0.15) is 0 Å². The molecule has 1 saturated heterocycles. The number of anilines is 1. The van der Waals surface area contributed by atoms with Crippen molar-refractivity contribution in [2.45, 2.75) is 33.1 Å². The van der Waals surface area contributed by atoms with Crippen molar-refractivity contribution in [2.75, 3.05) is 18.0 Å². The summed E-state index contributed by atoms with van der Waals surface area (Å²) in [7, 11) is 0. The highest BCUT2D eigenvalue weighted by Crippen LogP contribution is 2.32. The molecule has 0 spiro atoms. The van der Waals surface area contributed by atoms with E-state index in [4.69, 9.17) is 4.42 Å². The third kappa shape index (κ3) is 2.74. The van der Waals surface area contributed by atoms with Crippen LogP contribution >= 0.6 is 0 Å². The summed E-state index contributed by atoms with van der Waals surface area (Å²) in [6.45, 7) is 6.69. The Labute approximate surface area is 137 Å². The number of aryl methyl sites for hydroxylation is 2. The van der Waals surface area contributed by atoms with Crippen molar-refractivity contribution in [1.82, 2.24) is 0 Å². The van der Waals surface area contributed by atoms with Gasteiger partial charge in [0, 0.05) is 29.7 Å². The lowest BCUT2D eigenvalue weighted by atomic mass is 10.0. The van der Waals surface area contributed by atoms with Crippen LogP contribution in [0.25, 0.3) is 22.3 Å². The van der Waals surface area contributed by atoms with Crippen molar-refractivity contribution in [3.05, 3.63) is 53.6 Å². The van der Waals surface area contributed by atoms with Gasteiger partial charge in [0.05, 0.1) is 0 Å². The van der Waals surface area contributed by atoms with E-state index >= 15 is 0 Å². The number of hydrogen-bond acceptors (Lipinski definition) is 2. The van der Waals surface area contributed by atoms with Crippen LogP contribution in [0.3, 0.4) is 0 Å². The zero-order valence-corrected chi connectivity index (χ0v) is 13.9. The SMILES string of the molecule is Cc1ccc2oc(-c3ccc(N4CCCCC4)c(C)c3)cc2c1. The predicted octanol–water partition coefficient (Wildman–Crippen LogP) is 5.71. The van der Waals surface area contributed by atoms with Gasteiger partial charge in [0.1, 0.15) is 11.3 Å². The lowest BCUT2D eigenvalue weighted by Crippen LogP contribution is -2.29. The molecule has 0 aliphatic carbocycles. The Bertz CT molecular complexity index is 840. The first-order valence-corrected chi connectivity index (χ1v) is 8.57. The molecule has 1 aliphatic rings. The molecule has 0 saturated carbocycles. The van der Waals surface area contributed by atoms with E-state index in [1.54, 1.807) is 0 Å². The molecule has 3 aromatic rings. The van der Waals surface area contributed by atoms with Gasteiger partial charge in [0.15, 0.2) is 0 Å². The molecule has 2 heteroatoms. The first kappa shape index (κ1) is 14.4. The molecule has 0 bridgehead atoms. The highest BCUT2D eigenvalue weighted by Gasteiger charge is 2.14. The molecule has 1 fully saturated rings. The van der Waals surface area contributed by atoms with Gasteiger partial charge in [-0.1, -0.05) is 11.6 Å². The maximum absolute atomic E-state index is 6.04. The molecule has 2 aromatic carbocycles. The third-order valence-corrected chi connectivity index (χ3v) is 4.85. The maximum atomic E-state index is 6.04. The number of nitrogens with zero attached hydrogens (tertiary/aromatic N) is 1.